The second-order valence-electron chi connectivity index (χ2n) is 3.92. The molecule has 0 heterocycles. The highest BCUT2D eigenvalue weighted by Gasteiger charge is 2.07. The van der Waals surface area contributed by atoms with Crippen LogP contribution in [0.4, 0.5) is 0 Å². The Labute approximate surface area is 125 Å². The van der Waals surface area contributed by atoms with Gasteiger partial charge >= 0.3 is 0 Å². The van der Waals surface area contributed by atoms with Gasteiger partial charge in [0, 0.05) is 10.0 Å². The SMILES string of the molecule is COc1ccccc1/C=N\NC(=O)c1ccccc1Br. The van der Waals surface area contributed by atoms with Crippen LogP contribution in [0.2, 0.25) is 0 Å². The van der Waals surface area contributed by atoms with E-state index in [1.165, 1.54) is 0 Å². The molecule has 102 valence electrons. The third kappa shape index (κ3) is 3.45. The molecule has 20 heavy (non-hydrogen) atoms. The van der Waals surface area contributed by atoms with E-state index >= 15 is 0 Å². The number of halogens is 1. The highest BCUT2D eigenvalue weighted by atomic mass is 79.9. The number of nitrogens with zero attached hydrogens (tertiary/aromatic N) is 1. The Morgan fingerprint density at radius 1 is 1.20 bits per heavy atom. The largest absolute Gasteiger partial charge is 0.496 e. The van der Waals surface area contributed by atoms with Crippen LogP contribution in [0.25, 0.3) is 0 Å². The third-order valence-electron chi connectivity index (χ3n) is 2.63. The summed E-state index contributed by atoms with van der Waals surface area (Å²) in [6.07, 6.45) is 1.55. The number of hydrazone groups is 1. The van der Waals surface area contributed by atoms with Crippen molar-refractivity contribution in [3.63, 3.8) is 0 Å². The third-order valence-corrected chi connectivity index (χ3v) is 3.32. The van der Waals surface area contributed by atoms with Crippen LogP contribution in [-0.4, -0.2) is 19.2 Å². The Hall–Kier alpha value is -2.14. The molecular formula is C15H13BrN2O2. The van der Waals surface area contributed by atoms with E-state index in [2.05, 4.69) is 26.5 Å². The summed E-state index contributed by atoms with van der Waals surface area (Å²) >= 11 is 3.32. The van der Waals surface area contributed by atoms with Crippen LogP contribution in [0.5, 0.6) is 5.75 Å². The van der Waals surface area contributed by atoms with E-state index < -0.39 is 0 Å². The number of para-hydroxylation sites is 1. The molecule has 0 aliphatic heterocycles. The minimum atomic E-state index is -0.274. The zero-order valence-corrected chi connectivity index (χ0v) is 12.4. The number of carbonyl (C=O) groups excluding carboxylic acids is 1. The molecule has 2 aromatic carbocycles. The predicted octanol–water partition coefficient (Wildman–Crippen LogP) is 3.22. The summed E-state index contributed by atoms with van der Waals surface area (Å²) in [5, 5.41) is 3.94. The molecule has 1 amide bonds. The van der Waals surface area contributed by atoms with Crippen LogP contribution in [-0.2, 0) is 0 Å². The predicted molar refractivity (Wildman–Crippen MR) is 82.2 cm³/mol. The van der Waals surface area contributed by atoms with Crippen molar-refractivity contribution in [1.82, 2.24) is 5.43 Å². The Morgan fingerprint density at radius 2 is 1.90 bits per heavy atom. The standard InChI is InChI=1S/C15H13BrN2O2/c1-20-14-9-5-2-6-11(14)10-17-18-15(19)12-7-3-4-8-13(12)16/h2-10H,1H3,(H,18,19)/b17-10-. The molecule has 4 nitrogen and oxygen atoms in total. The first-order valence-corrected chi connectivity index (χ1v) is 6.72. The van der Waals surface area contributed by atoms with Crippen molar-refractivity contribution in [2.24, 2.45) is 5.10 Å². The maximum atomic E-state index is 11.9. The molecule has 0 aromatic heterocycles. The molecule has 2 aromatic rings. The number of carbonyl (C=O) groups is 1. The zero-order chi connectivity index (χ0) is 14.4. The molecule has 0 saturated heterocycles. The summed E-state index contributed by atoms with van der Waals surface area (Å²) < 4.78 is 5.92. The lowest BCUT2D eigenvalue weighted by molar-refractivity contribution is 0.0954. The van der Waals surface area contributed by atoms with Gasteiger partial charge in [0.15, 0.2) is 0 Å². The topological polar surface area (TPSA) is 50.7 Å². The highest BCUT2D eigenvalue weighted by molar-refractivity contribution is 9.10. The van der Waals surface area contributed by atoms with E-state index in [9.17, 15) is 4.79 Å². The molecule has 0 unspecified atom stereocenters. The van der Waals surface area contributed by atoms with E-state index in [0.29, 0.717) is 11.3 Å². The van der Waals surface area contributed by atoms with E-state index in [0.717, 1.165) is 10.0 Å². The summed E-state index contributed by atoms with van der Waals surface area (Å²) in [6.45, 7) is 0. The molecule has 5 heteroatoms. The number of amides is 1. The van der Waals surface area contributed by atoms with Gasteiger partial charge in [-0.2, -0.15) is 5.10 Å². The second kappa shape index (κ2) is 6.86. The molecular weight excluding hydrogens is 320 g/mol. The van der Waals surface area contributed by atoms with Gasteiger partial charge in [-0.1, -0.05) is 24.3 Å². The van der Waals surface area contributed by atoms with Crippen molar-refractivity contribution < 1.29 is 9.53 Å². The molecule has 0 fully saturated rings. The Kier molecular flexibility index (Phi) is 4.90. The first kappa shape index (κ1) is 14.3. The quantitative estimate of drug-likeness (QED) is 0.690. The van der Waals surface area contributed by atoms with Gasteiger partial charge in [-0.05, 0) is 40.2 Å². The zero-order valence-electron chi connectivity index (χ0n) is 10.8. The number of rotatable bonds is 4. The summed E-state index contributed by atoms with van der Waals surface area (Å²) in [4.78, 5) is 11.9. The number of ether oxygens (including phenoxy) is 1. The van der Waals surface area contributed by atoms with E-state index in [1.54, 1.807) is 31.5 Å². The van der Waals surface area contributed by atoms with Gasteiger partial charge < -0.3 is 4.74 Å². The van der Waals surface area contributed by atoms with Gasteiger partial charge in [0.2, 0.25) is 0 Å². The molecule has 0 atom stereocenters. The Bertz CT molecular complexity index is 641. The minimum Gasteiger partial charge on any atom is -0.496 e. The van der Waals surface area contributed by atoms with E-state index in [4.69, 9.17) is 4.74 Å². The van der Waals surface area contributed by atoms with Crippen molar-refractivity contribution in [2.45, 2.75) is 0 Å². The van der Waals surface area contributed by atoms with Gasteiger partial charge in [0.05, 0.1) is 18.9 Å². The lowest BCUT2D eigenvalue weighted by atomic mass is 10.2. The molecule has 0 radical (unpaired) electrons. The van der Waals surface area contributed by atoms with Gasteiger partial charge in [0.1, 0.15) is 5.75 Å². The van der Waals surface area contributed by atoms with Gasteiger partial charge in [0.25, 0.3) is 5.91 Å². The maximum absolute atomic E-state index is 11.9. The van der Waals surface area contributed by atoms with Crippen LogP contribution in [0.3, 0.4) is 0 Å². The first-order chi connectivity index (χ1) is 9.72. The Balaban J connectivity index is 2.07. The molecule has 0 aliphatic carbocycles. The summed E-state index contributed by atoms with van der Waals surface area (Å²) in [5.74, 6) is 0.426. The lowest BCUT2D eigenvalue weighted by Crippen LogP contribution is -2.18. The molecule has 2 rings (SSSR count). The van der Waals surface area contributed by atoms with Gasteiger partial charge in [-0.3, -0.25) is 4.79 Å². The second-order valence-corrected chi connectivity index (χ2v) is 4.78. The van der Waals surface area contributed by atoms with Crippen molar-refractivity contribution >= 4 is 28.1 Å². The minimum absolute atomic E-state index is 0.274. The van der Waals surface area contributed by atoms with Gasteiger partial charge in [-0.25, -0.2) is 5.43 Å². The fraction of sp³-hybridized carbons (Fsp3) is 0.0667. The first-order valence-electron chi connectivity index (χ1n) is 5.93. The van der Waals surface area contributed by atoms with Gasteiger partial charge in [-0.15, -0.1) is 0 Å². The number of benzene rings is 2. The molecule has 0 spiro atoms. The number of hydrogen-bond acceptors (Lipinski definition) is 3. The molecule has 0 saturated carbocycles. The van der Waals surface area contributed by atoms with Crippen molar-refractivity contribution in [3.8, 4) is 5.75 Å². The summed E-state index contributed by atoms with van der Waals surface area (Å²) in [7, 11) is 1.59. The van der Waals surface area contributed by atoms with Crippen molar-refractivity contribution in [2.75, 3.05) is 7.11 Å². The average molecular weight is 333 g/mol. The molecule has 1 N–H and O–H groups in total. The van der Waals surface area contributed by atoms with E-state index in [1.807, 2.05) is 30.3 Å². The normalized spacial score (nSPS) is 10.5. The number of hydrogen-bond donors (Lipinski definition) is 1. The fourth-order valence-corrected chi connectivity index (χ4v) is 2.10. The van der Waals surface area contributed by atoms with Crippen LogP contribution < -0.4 is 10.2 Å². The molecule has 0 aliphatic rings. The Morgan fingerprint density at radius 3 is 2.65 bits per heavy atom. The number of methoxy groups -OCH3 is 1. The lowest BCUT2D eigenvalue weighted by Gasteiger charge is -2.04. The smallest absolute Gasteiger partial charge is 0.272 e. The van der Waals surface area contributed by atoms with Crippen LogP contribution in [0.15, 0.2) is 58.1 Å². The number of nitrogens with one attached hydrogen (secondary N) is 1. The van der Waals surface area contributed by atoms with Crippen LogP contribution in [0, 0.1) is 0 Å². The van der Waals surface area contributed by atoms with Crippen LogP contribution >= 0.6 is 15.9 Å². The molecule has 0 bridgehead atoms. The van der Waals surface area contributed by atoms with Crippen LogP contribution in [0.1, 0.15) is 15.9 Å². The van der Waals surface area contributed by atoms with Crippen molar-refractivity contribution in [1.29, 1.82) is 0 Å². The highest BCUT2D eigenvalue weighted by Crippen LogP contribution is 2.16. The van der Waals surface area contributed by atoms with Crippen molar-refractivity contribution in [3.05, 3.63) is 64.1 Å². The summed E-state index contributed by atoms with van der Waals surface area (Å²) in [6, 6.07) is 14.6. The fourth-order valence-electron chi connectivity index (χ4n) is 1.64. The maximum Gasteiger partial charge on any atom is 0.272 e. The monoisotopic (exact) mass is 332 g/mol. The van der Waals surface area contributed by atoms with E-state index in [-0.39, 0.29) is 5.91 Å². The summed E-state index contributed by atoms with van der Waals surface area (Å²) in [5.41, 5.74) is 3.81. The average Bonchev–Trinajstić information content (AvgIpc) is 2.48.